The fourth-order valence-electron chi connectivity index (χ4n) is 4.43. The molecule has 4 nitrogen and oxygen atoms in total. The van der Waals surface area contributed by atoms with Crippen molar-refractivity contribution in [2.24, 2.45) is 0 Å². The maximum atomic E-state index is 12.3. The predicted octanol–water partition coefficient (Wildman–Crippen LogP) is 5.31. The first-order valence-corrected chi connectivity index (χ1v) is 13.1. The van der Waals surface area contributed by atoms with Crippen LogP contribution in [0, 0.1) is 0 Å². The molecule has 0 aliphatic carbocycles. The molecule has 0 aromatic heterocycles. The summed E-state index contributed by atoms with van der Waals surface area (Å²) in [4.78, 5) is 3.45. The van der Waals surface area contributed by atoms with Crippen LogP contribution in [0.1, 0.15) is 42.2 Å². The highest BCUT2D eigenvalue weighted by atomic mass is 35.5. The summed E-state index contributed by atoms with van der Waals surface area (Å²) < 4.78 is 17.6. The van der Waals surface area contributed by atoms with Crippen LogP contribution in [0.3, 0.4) is 0 Å². The van der Waals surface area contributed by atoms with E-state index < -0.39 is 11.2 Å². The second-order valence-electron chi connectivity index (χ2n) is 8.19. The number of rotatable bonds is 9. The van der Waals surface area contributed by atoms with Gasteiger partial charge in [-0.3, -0.25) is 0 Å². The summed E-state index contributed by atoms with van der Waals surface area (Å²) in [5.74, 6) is 1.61. The van der Waals surface area contributed by atoms with Gasteiger partial charge in [0, 0.05) is 18.2 Å². The summed E-state index contributed by atoms with van der Waals surface area (Å²) in [5, 5.41) is 4.52. The van der Waals surface area contributed by atoms with Crippen molar-refractivity contribution in [3.05, 3.63) is 57.6 Å². The minimum absolute atomic E-state index is 0.396. The number of likely N-dealkylation sites (tertiary alicyclic amines) is 1. The molecule has 170 valence electrons. The van der Waals surface area contributed by atoms with Crippen molar-refractivity contribution in [1.29, 1.82) is 0 Å². The maximum Gasteiger partial charge on any atom is 0.159 e. The van der Waals surface area contributed by atoms with Gasteiger partial charge in [-0.15, -0.1) is 0 Å². The molecule has 2 aromatic rings. The van der Waals surface area contributed by atoms with Crippen LogP contribution in [0.4, 0.5) is 0 Å². The molecule has 1 saturated heterocycles. The van der Waals surface area contributed by atoms with Crippen LogP contribution in [0.2, 0.25) is 10.0 Å². The Morgan fingerprint density at radius 1 is 1.16 bits per heavy atom. The zero-order chi connectivity index (χ0) is 22.4. The van der Waals surface area contributed by atoms with Crippen molar-refractivity contribution >= 4 is 34.4 Å². The van der Waals surface area contributed by atoms with Crippen molar-refractivity contribution in [2.45, 2.75) is 36.0 Å². The molecule has 2 aromatic carbocycles. The van der Waals surface area contributed by atoms with Crippen LogP contribution in [-0.4, -0.2) is 56.0 Å². The molecule has 0 bridgehead atoms. The predicted molar refractivity (Wildman–Crippen MR) is 131 cm³/mol. The standard InChI is InChI=1S/C24H32Cl2N2O2S/c1-27-16-19(18-4-7-22(25)23(26)14-18)10-13-28-11-8-17(9-12-28)21-6-5-20(30-2)15-24(21)31(3)29/h4-7,14-15,17,19,27H,8-13,16H2,1-3H3/t19-,31?/m1/s1. The number of nitrogens with one attached hydrogen (secondary N) is 1. The number of halogens is 2. The minimum Gasteiger partial charge on any atom is -0.612 e. The molecule has 31 heavy (non-hydrogen) atoms. The maximum absolute atomic E-state index is 12.3. The molecule has 0 radical (unpaired) electrons. The Hall–Kier alpha value is -0.950. The molecule has 7 heteroatoms. The SMILES string of the molecule is CNC[C@@H](CCN1CCC(c2ccc(OC)cc2[S+](C)[O-])CC1)c1ccc(Cl)c(Cl)c1. The zero-order valence-electron chi connectivity index (χ0n) is 18.5. The lowest BCUT2D eigenvalue weighted by Crippen LogP contribution is -2.35. The van der Waals surface area contributed by atoms with Crippen LogP contribution in [0.25, 0.3) is 0 Å². The van der Waals surface area contributed by atoms with Gasteiger partial charge in [0.2, 0.25) is 0 Å². The molecule has 3 rings (SSSR count). The lowest BCUT2D eigenvalue weighted by molar-refractivity contribution is 0.204. The normalized spacial score (nSPS) is 17.5. The molecule has 2 atom stereocenters. The van der Waals surface area contributed by atoms with Gasteiger partial charge in [-0.05, 0) is 92.7 Å². The third-order valence-corrected chi connectivity index (χ3v) is 7.93. The van der Waals surface area contributed by atoms with Crippen LogP contribution in [0.15, 0.2) is 41.3 Å². The first-order chi connectivity index (χ1) is 14.9. The van der Waals surface area contributed by atoms with Gasteiger partial charge in [0.15, 0.2) is 4.90 Å². The molecule has 0 saturated carbocycles. The molecule has 1 aliphatic rings. The highest BCUT2D eigenvalue weighted by Gasteiger charge is 2.26. The van der Waals surface area contributed by atoms with Crippen LogP contribution in [0.5, 0.6) is 5.75 Å². The smallest absolute Gasteiger partial charge is 0.159 e. The van der Waals surface area contributed by atoms with Gasteiger partial charge in [0.25, 0.3) is 0 Å². The second-order valence-corrected chi connectivity index (χ2v) is 10.4. The molecule has 0 spiro atoms. The molecule has 1 fully saturated rings. The molecule has 1 aliphatic heterocycles. The Morgan fingerprint density at radius 2 is 1.90 bits per heavy atom. The third-order valence-electron chi connectivity index (χ3n) is 6.22. The molecule has 1 heterocycles. The monoisotopic (exact) mass is 482 g/mol. The highest BCUT2D eigenvalue weighted by Crippen LogP contribution is 2.35. The first kappa shape index (κ1) is 24.7. The van der Waals surface area contributed by atoms with Crippen molar-refractivity contribution < 1.29 is 9.29 Å². The van der Waals surface area contributed by atoms with Crippen LogP contribution < -0.4 is 10.1 Å². The average Bonchev–Trinajstić information content (AvgIpc) is 2.78. The van der Waals surface area contributed by atoms with Gasteiger partial charge < -0.3 is 19.5 Å². The van der Waals surface area contributed by atoms with E-state index in [1.807, 2.05) is 31.3 Å². The van der Waals surface area contributed by atoms with Crippen LogP contribution in [-0.2, 0) is 11.2 Å². The van der Waals surface area contributed by atoms with Crippen molar-refractivity contribution in [1.82, 2.24) is 10.2 Å². The van der Waals surface area contributed by atoms with Crippen molar-refractivity contribution in [3.63, 3.8) is 0 Å². The number of ether oxygens (including phenoxy) is 1. The zero-order valence-corrected chi connectivity index (χ0v) is 20.8. The number of methoxy groups -OCH3 is 1. The van der Waals surface area contributed by atoms with E-state index in [0.717, 1.165) is 56.1 Å². The summed E-state index contributed by atoms with van der Waals surface area (Å²) in [6.45, 7) is 4.07. The summed E-state index contributed by atoms with van der Waals surface area (Å²) in [7, 11) is 3.63. The molecular formula is C24H32Cl2N2O2S. The lowest BCUT2D eigenvalue weighted by atomic mass is 9.88. The minimum atomic E-state index is -1.02. The van der Waals surface area contributed by atoms with Gasteiger partial charge in [-0.25, -0.2) is 0 Å². The Morgan fingerprint density at radius 3 is 2.52 bits per heavy atom. The lowest BCUT2D eigenvalue weighted by Gasteiger charge is -2.33. The Balaban J connectivity index is 1.59. The third kappa shape index (κ3) is 6.53. The van der Waals surface area contributed by atoms with E-state index in [-0.39, 0.29) is 0 Å². The number of hydrogen-bond donors (Lipinski definition) is 1. The van der Waals surface area contributed by atoms with Crippen LogP contribution >= 0.6 is 23.2 Å². The first-order valence-electron chi connectivity index (χ1n) is 10.8. The molecule has 1 N–H and O–H groups in total. The molecular weight excluding hydrogens is 451 g/mol. The fraction of sp³-hybridized carbons (Fsp3) is 0.500. The van der Waals surface area contributed by atoms with Crippen molar-refractivity contribution in [2.75, 3.05) is 46.6 Å². The number of likely N-dealkylation sites (N-methyl/N-ethyl adjacent to an activating group) is 1. The van der Waals surface area contributed by atoms with E-state index in [0.29, 0.717) is 21.9 Å². The Labute approximate surface area is 199 Å². The van der Waals surface area contributed by atoms with Gasteiger partial charge in [-0.1, -0.05) is 35.3 Å². The number of hydrogen-bond acceptors (Lipinski definition) is 4. The topological polar surface area (TPSA) is 47.6 Å². The number of benzene rings is 2. The van der Waals surface area contributed by atoms with E-state index in [4.69, 9.17) is 27.9 Å². The van der Waals surface area contributed by atoms with E-state index in [2.05, 4.69) is 22.3 Å². The van der Waals surface area contributed by atoms with E-state index in [1.165, 1.54) is 11.1 Å². The average molecular weight is 484 g/mol. The summed E-state index contributed by atoms with van der Waals surface area (Å²) in [6, 6.07) is 12.0. The molecule has 0 amide bonds. The quantitative estimate of drug-likeness (QED) is 0.491. The van der Waals surface area contributed by atoms with E-state index in [1.54, 1.807) is 13.4 Å². The summed E-state index contributed by atoms with van der Waals surface area (Å²) in [6.07, 6.45) is 4.98. The van der Waals surface area contributed by atoms with E-state index in [9.17, 15) is 4.55 Å². The van der Waals surface area contributed by atoms with E-state index >= 15 is 0 Å². The number of nitrogens with zero attached hydrogens (tertiary/aromatic N) is 1. The number of piperidine rings is 1. The van der Waals surface area contributed by atoms with Gasteiger partial charge in [0.05, 0.1) is 17.2 Å². The Bertz CT molecular complexity index is 857. The summed E-state index contributed by atoms with van der Waals surface area (Å²) in [5.41, 5.74) is 2.44. The van der Waals surface area contributed by atoms with Gasteiger partial charge in [0.1, 0.15) is 12.0 Å². The fourth-order valence-corrected chi connectivity index (χ4v) is 5.59. The Kier molecular flexibility index (Phi) is 9.38. The van der Waals surface area contributed by atoms with Gasteiger partial charge >= 0.3 is 0 Å². The van der Waals surface area contributed by atoms with Crippen molar-refractivity contribution in [3.8, 4) is 5.75 Å². The molecule has 1 unspecified atom stereocenters. The highest BCUT2D eigenvalue weighted by molar-refractivity contribution is 7.90. The van der Waals surface area contributed by atoms with Gasteiger partial charge in [-0.2, -0.15) is 0 Å². The summed E-state index contributed by atoms with van der Waals surface area (Å²) >= 11 is 11.3. The largest absolute Gasteiger partial charge is 0.612 e. The second kappa shape index (κ2) is 11.8.